The molecule has 1 aliphatic rings. The number of carbonyl (C=O) groups excluding carboxylic acids is 2. The first-order chi connectivity index (χ1) is 12.9. The van der Waals surface area contributed by atoms with Crippen molar-refractivity contribution in [1.82, 2.24) is 0 Å². The van der Waals surface area contributed by atoms with Crippen LogP contribution < -0.4 is 9.64 Å². The molecule has 2 aromatic carbocycles. The molecule has 5 nitrogen and oxygen atoms in total. The molecule has 0 N–H and O–H groups in total. The smallest absolute Gasteiger partial charge is 0.333 e. The SMILES string of the molecule is C=C(C(=O)OC)[C@@H](c1ccc(OC)cc1)[C@]1(F)C(=O)N(C)c2ccccc21. The van der Waals surface area contributed by atoms with Crippen LogP contribution in [0.1, 0.15) is 17.0 Å². The molecule has 0 saturated carbocycles. The van der Waals surface area contributed by atoms with Crippen LogP contribution in [-0.4, -0.2) is 33.1 Å². The van der Waals surface area contributed by atoms with Crippen LogP contribution in [0.2, 0.25) is 0 Å². The largest absolute Gasteiger partial charge is 0.497 e. The van der Waals surface area contributed by atoms with E-state index in [9.17, 15) is 9.59 Å². The summed E-state index contributed by atoms with van der Waals surface area (Å²) in [5.41, 5.74) is -1.54. The van der Waals surface area contributed by atoms with Crippen molar-refractivity contribution in [2.45, 2.75) is 11.6 Å². The van der Waals surface area contributed by atoms with E-state index in [4.69, 9.17) is 9.47 Å². The van der Waals surface area contributed by atoms with Crippen molar-refractivity contribution in [1.29, 1.82) is 0 Å². The number of likely N-dealkylation sites (N-methyl/N-ethyl adjacent to an activating group) is 1. The number of rotatable bonds is 5. The number of halogens is 1. The van der Waals surface area contributed by atoms with Gasteiger partial charge in [0.1, 0.15) is 5.75 Å². The van der Waals surface area contributed by atoms with E-state index >= 15 is 4.39 Å². The lowest BCUT2D eigenvalue weighted by Crippen LogP contribution is -2.41. The third-order valence-corrected chi connectivity index (χ3v) is 4.92. The number of hydrogen-bond acceptors (Lipinski definition) is 4. The highest BCUT2D eigenvalue weighted by Crippen LogP contribution is 2.53. The average Bonchev–Trinajstić information content (AvgIpc) is 2.90. The van der Waals surface area contributed by atoms with Gasteiger partial charge in [-0.2, -0.15) is 0 Å². The monoisotopic (exact) mass is 369 g/mol. The van der Waals surface area contributed by atoms with Crippen LogP contribution in [0.3, 0.4) is 0 Å². The summed E-state index contributed by atoms with van der Waals surface area (Å²) in [7, 11) is 4.22. The van der Waals surface area contributed by atoms with Crippen LogP contribution in [-0.2, 0) is 20.0 Å². The number of fused-ring (bicyclic) bond motifs is 1. The minimum absolute atomic E-state index is 0.136. The second-order valence-corrected chi connectivity index (χ2v) is 6.32. The van der Waals surface area contributed by atoms with Gasteiger partial charge in [0.25, 0.3) is 5.91 Å². The average molecular weight is 369 g/mol. The molecule has 0 saturated heterocycles. The first-order valence-corrected chi connectivity index (χ1v) is 8.33. The van der Waals surface area contributed by atoms with Crippen LogP contribution in [0.4, 0.5) is 10.1 Å². The van der Waals surface area contributed by atoms with Gasteiger partial charge in [-0.15, -0.1) is 0 Å². The Morgan fingerprint density at radius 3 is 2.37 bits per heavy atom. The van der Waals surface area contributed by atoms with Gasteiger partial charge in [0.2, 0.25) is 5.67 Å². The summed E-state index contributed by atoms with van der Waals surface area (Å²) in [5, 5.41) is 0. The highest BCUT2D eigenvalue weighted by atomic mass is 19.1. The van der Waals surface area contributed by atoms with Gasteiger partial charge in [-0.3, -0.25) is 4.79 Å². The van der Waals surface area contributed by atoms with Gasteiger partial charge < -0.3 is 14.4 Å². The Bertz CT molecular complexity index is 909. The lowest BCUT2D eigenvalue weighted by atomic mass is 9.75. The Balaban J connectivity index is 2.22. The second kappa shape index (κ2) is 6.87. The van der Waals surface area contributed by atoms with Gasteiger partial charge in [-0.1, -0.05) is 36.9 Å². The number of carbonyl (C=O) groups is 2. The van der Waals surface area contributed by atoms with E-state index in [0.717, 1.165) is 0 Å². The van der Waals surface area contributed by atoms with Crippen molar-refractivity contribution < 1.29 is 23.5 Å². The first kappa shape index (κ1) is 18.6. The fourth-order valence-electron chi connectivity index (χ4n) is 3.54. The highest BCUT2D eigenvalue weighted by Gasteiger charge is 2.57. The fraction of sp³-hybridized carbons (Fsp3) is 0.238. The van der Waals surface area contributed by atoms with Crippen LogP contribution in [0.5, 0.6) is 5.75 Å². The molecule has 27 heavy (non-hydrogen) atoms. The normalized spacial score (nSPS) is 19.4. The standard InChI is InChI=1S/C21H20FNO4/c1-13(19(24)27-4)18(14-9-11-15(26-3)12-10-14)21(22)16-7-5-6-8-17(16)23(2)20(21)25/h5-12,18H,1H2,2-4H3/t18-,21-/m0/s1. The summed E-state index contributed by atoms with van der Waals surface area (Å²) in [5.74, 6) is -2.19. The maximum absolute atomic E-state index is 16.5. The summed E-state index contributed by atoms with van der Waals surface area (Å²) in [6.07, 6.45) is 0. The van der Waals surface area contributed by atoms with Crippen molar-refractivity contribution in [3.8, 4) is 5.75 Å². The van der Waals surface area contributed by atoms with Crippen molar-refractivity contribution in [2.75, 3.05) is 26.2 Å². The Hall–Kier alpha value is -3.15. The van der Waals surface area contributed by atoms with E-state index in [1.54, 1.807) is 48.5 Å². The maximum Gasteiger partial charge on any atom is 0.333 e. The van der Waals surface area contributed by atoms with Gasteiger partial charge in [0.15, 0.2) is 0 Å². The number of anilines is 1. The van der Waals surface area contributed by atoms with E-state index in [0.29, 0.717) is 17.0 Å². The molecule has 1 amide bonds. The number of para-hydroxylation sites is 1. The van der Waals surface area contributed by atoms with Gasteiger partial charge in [0, 0.05) is 18.2 Å². The van der Waals surface area contributed by atoms with Crippen molar-refractivity contribution in [3.05, 3.63) is 71.8 Å². The zero-order valence-electron chi connectivity index (χ0n) is 15.4. The molecule has 0 radical (unpaired) electrons. The first-order valence-electron chi connectivity index (χ1n) is 8.33. The lowest BCUT2D eigenvalue weighted by molar-refractivity contribution is -0.137. The number of esters is 1. The van der Waals surface area contributed by atoms with Crippen LogP contribution in [0.15, 0.2) is 60.7 Å². The minimum Gasteiger partial charge on any atom is -0.497 e. The topological polar surface area (TPSA) is 55.8 Å². The molecule has 1 aliphatic heterocycles. The third kappa shape index (κ3) is 2.77. The maximum atomic E-state index is 16.5. The summed E-state index contributed by atoms with van der Waals surface area (Å²) in [4.78, 5) is 26.4. The molecular formula is C21H20FNO4. The summed E-state index contributed by atoms with van der Waals surface area (Å²) in [6.45, 7) is 3.75. The predicted molar refractivity (Wildman–Crippen MR) is 99.5 cm³/mol. The molecule has 0 fully saturated rings. The predicted octanol–water partition coefficient (Wildman–Crippen LogP) is 3.35. The molecule has 2 aromatic rings. The number of hydrogen-bond donors (Lipinski definition) is 0. The van der Waals surface area contributed by atoms with Gasteiger partial charge in [-0.05, 0) is 23.8 Å². The van der Waals surface area contributed by atoms with Crippen LogP contribution in [0.25, 0.3) is 0 Å². The zero-order chi connectivity index (χ0) is 19.8. The molecular weight excluding hydrogens is 349 g/mol. The van der Waals surface area contributed by atoms with Crippen molar-refractivity contribution >= 4 is 17.6 Å². The van der Waals surface area contributed by atoms with Crippen LogP contribution in [0, 0.1) is 0 Å². The molecule has 0 bridgehead atoms. The zero-order valence-corrected chi connectivity index (χ0v) is 15.4. The number of methoxy groups -OCH3 is 2. The third-order valence-electron chi connectivity index (χ3n) is 4.92. The molecule has 2 atom stereocenters. The molecule has 6 heteroatoms. The molecule has 0 aliphatic carbocycles. The number of benzene rings is 2. The van der Waals surface area contributed by atoms with Gasteiger partial charge >= 0.3 is 5.97 Å². The van der Waals surface area contributed by atoms with E-state index in [1.807, 2.05) is 0 Å². The van der Waals surface area contributed by atoms with Crippen molar-refractivity contribution in [2.24, 2.45) is 0 Å². The minimum atomic E-state index is -2.48. The Morgan fingerprint density at radius 1 is 1.15 bits per heavy atom. The van der Waals surface area contributed by atoms with E-state index in [-0.39, 0.29) is 11.1 Å². The quantitative estimate of drug-likeness (QED) is 0.599. The van der Waals surface area contributed by atoms with Gasteiger partial charge in [0.05, 0.1) is 25.8 Å². The molecule has 0 aromatic heterocycles. The molecule has 140 valence electrons. The van der Waals surface area contributed by atoms with E-state index < -0.39 is 23.5 Å². The Kier molecular flexibility index (Phi) is 4.74. The second-order valence-electron chi connectivity index (χ2n) is 6.32. The number of amides is 1. The van der Waals surface area contributed by atoms with Gasteiger partial charge in [-0.25, -0.2) is 9.18 Å². The van der Waals surface area contributed by atoms with E-state index in [2.05, 4.69) is 6.58 Å². The molecule has 1 heterocycles. The van der Waals surface area contributed by atoms with Crippen LogP contribution >= 0.6 is 0 Å². The van der Waals surface area contributed by atoms with Crippen molar-refractivity contribution in [3.63, 3.8) is 0 Å². The Morgan fingerprint density at radius 2 is 1.78 bits per heavy atom. The fourth-order valence-corrected chi connectivity index (χ4v) is 3.54. The lowest BCUT2D eigenvalue weighted by Gasteiger charge is -2.30. The van der Waals surface area contributed by atoms with E-state index in [1.165, 1.54) is 26.2 Å². The number of ether oxygens (including phenoxy) is 2. The number of nitrogens with zero attached hydrogens (tertiary/aromatic N) is 1. The number of alkyl halides is 1. The Labute approximate surface area is 157 Å². The summed E-state index contributed by atoms with van der Waals surface area (Å²) >= 11 is 0. The molecule has 0 spiro atoms. The summed E-state index contributed by atoms with van der Waals surface area (Å²) < 4.78 is 26.4. The molecule has 3 rings (SSSR count). The molecule has 0 unspecified atom stereocenters. The highest BCUT2D eigenvalue weighted by molar-refractivity contribution is 6.08. The summed E-state index contributed by atoms with van der Waals surface area (Å²) in [6, 6.07) is 13.1.